The topological polar surface area (TPSA) is 33.3 Å². The van der Waals surface area contributed by atoms with Crippen molar-refractivity contribution < 1.29 is 17.9 Å². The number of alkyl halides is 3. The molecule has 0 radical (unpaired) electrons. The maximum absolute atomic E-state index is 11.7. The minimum Gasteiger partial charge on any atom is -0.378 e. The van der Waals surface area contributed by atoms with Crippen LogP contribution in [0.2, 0.25) is 0 Å². The van der Waals surface area contributed by atoms with E-state index >= 15 is 0 Å². The molecule has 0 amide bonds. The molecule has 1 atom stereocenters. The van der Waals surface area contributed by atoms with Crippen LogP contribution in [0.3, 0.4) is 0 Å². The monoisotopic (exact) mass is 212 g/mol. The van der Waals surface area contributed by atoms with Gasteiger partial charge in [-0.15, -0.1) is 0 Å². The zero-order valence-electron chi connectivity index (χ0n) is 7.86. The highest BCUT2D eigenvalue weighted by atomic mass is 19.4. The Hall–Kier alpha value is -0.330. The number of ether oxygens (including phenoxy) is 1. The second-order valence-corrected chi connectivity index (χ2v) is 3.30. The average Bonchev–Trinajstić information content (AvgIpc) is 2.13. The number of hydrogen-bond acceptors (Lipinski definition) is 3. The average molecular weight is 212 g/mol. The zero-order chi connectivity index (χ0) is 10.4. The summed E-state index contributed by atoms with van der Waals surface area (Å²) in [5, 5.41) is 5.90. The summed E-state index contributed by atoms with van der Waals surface area (Å²) in [4.78, 5) is 0. The number of hydrogen-bond donors (Lipinski definition) is 2. The van der Waals surface area contributed by atoms with Gasteiger partial charge in [0.15, 0.2) is 0 Å². The van der Waals surface area contributed by atoms with E-state index in [1.165, 1.54) is 0 Å². The first kappa shape index (κ1) is 11.7. The van der Waals surface area contributed by atoms with E-state index in [4.69, 9.17) is 4.74 Å². The highest BCUT2D eigenvalue weighted by Gasteiger charge is 2.26. The second kappa shape index (κ2) is 5.53. The van der Waals surface area contributed by atoms with Gasteiger partial charge in [-0.05, 0) is 0 Å². The fourth-order valence-electron chi connectivity index (χ4n) is 1.26. The number of morpholine rings is 1. The third-order valence-electron chi connectivity index (χ3n) is 1.97. The van der Waals surface area contributed by atoms with Crippen molar-refractivity contribution in [2.75, 3.05) is 32.8 Å². The van der Waals surface area contributed by atoms with Gasteiger partial charge in [0, 0.05) is 25.7 Å². The van der Waals surface area contributed by atoms with E-state index < -0.39 is 12.6 Å². The van der Waals surface area contributed by atoms with Crippen LogP contribution in [0.15, 0.2) is 0 Å². The van der Waals surface area contributed by atoms with Crippen molar-refractivity contribution in [3.05, 3.63) is 0 Å². The lowest BCUT2D eigenvalue weighted by Crippen LogP contribution is -2.47. The molecule has 84 valence electrons. The lowest BCUT2D eigenvalue weighted by atomic mass is 10.2. The minimum absolute atomic E-state index is 0.0261. The summed E-state index contributed by atoms with van der Waals surface area (Å²) < 4.78 is 40.4. The number of rotatable bonds is 4. The van der Waals surface area contributed by atoms with E-state index in [0.717, 1.165) is 6.54 Å². The Labute approximate surface area is 81.0 Å². The molecule has 1 heterocycles. The van der Waals surface area contributed by atoms with E-state index in [9.17, 15) is 13.2 Å². The molecular weight excluding hydrogens is 197 g/mol. The highest BCUT2D eigenvalue weighted by molar-refractivity contribution is 4.72. The molecule has 0 spiro atoms. The minimum atomic E-state index is -4.07. The summed E-state index contributed by atoms with van der Waals surface area (Å²) in [5.41, 5.74) is 0. The molecule has 0 aliphatic carbocycles. The summed E-state index contributed by atoms with van der Waals surface area (Å²) in [5.74, 6) is 0. The van der Waals surface area contributed by atoms with Gasteiger partial charge in [-0.2, -0.15) is 13.2 Å². The van der Waals surface area contributed by atoms with Crippen molar-refractivity contribution in [2.45, 2.75) is 18.6 Å². The fourth-order valence-corrected chi connectivity index (χ4v) is 1.26. The molecule has 0 aromatic rings. The van der Waals surface area contributed by atoms with Crippen molar-refractivity contribution >= 4 is 0 Å². The molecule has 1 unspecified atom stereocenters. The van der Waals surface area contributed by atoms with Gasteiger partial charge >= 0.3 is 6.18 Å². The van der Waals surface area contributed by atoms with Crippen LogP contribution >= 0.6 is 0 Å². The molecule has 1 fully saturated rings. The smallest absolute Gasteiger partial charge is 0.378 e. The summed E-state index contributed by atoms with van der Waals surface area (Å²) in [6.45, 7) is 2.52. The first-order chi connectivity index (χ1) is 6.58. The Bertz CT molecular complexity index is 157. The van der Waals surface area contributed by atoms with Crippen LogP contribution in [0, 0.1) is 0 Å². The Morgan fingerprint density at radius 3 is 2.79 bits per heavy atom. The van der Waals surface area contributed by atoms with E-state index in [-0.39, 0.29) is 12.6 Å². The molecule has 3 nitrogen and oxygen atoms in total. The Balaban J connectivity index is 1.97. The van der Waals surface area contributed by atoms with Gasteiger partial charge in [-0.1, -0.05) is 0 Å². The van der Waals surface area contributed by atoms with E-state index in [1.54, 1.807) is 0 Å². The highest BCUT2D eigenvalue weighted by Crippen LogP contribution is 2.17. The van der Waals surface area contributed by atoms with Gasteiger partial charge < -0.3 is 15.4 Å². The predicted molar refractivity (Wildman–Crippen MR) is 46.2 cm³/mol. The van der Waals surface area contributed by atoms with E-state index in [2.05, 4.69) is 10.6 Å². The van der Waals surface area contributed by atoms with Crippen molar-refractivity contribution in [2.24, 2.45) is 0 Å². The van der Waals surface area contributed by atoms with Crippen molar-refractivity contribution in [3.63, 3.8) is 0 Å². The summed E-state index contributed by atoms with van der Waals surface area (Å²) in [6, 6.07) is 0.136. The molecule has 14 heavy (non-hydrogen) atoms. The zero-order valence-corrected chi connectivity index (χ0v) is 7.86. The Morgan fingerprint density at radius 2 is 2.21 bits per heavy atom. The SMILES string of the molecule is FC(F)(F)CCNCC1COCCN1. The van der Waals surface area contributed by atoms with Gasteiger partial charge in [0.2, 0.25) is 0 Å². The molecular formula is C8H15F3N2O. The van der Waals surface area contributed by atoms with Crippen LogP contribution in [0.1, 0.15) is 6.42 Å². The fraction of sp³-hybridized carbons (Fsp3) is 1.00. The molecule has 0 aromatic carbocycles. The summed E-state index contributed by atoms with van der Waals surface area (Å²) in [7, 11) is 0. The van der Waals surface area contributed by atoms with Crippen molar-refractivity contribution in [3.8, 4) is 0 Å². The second-order valence-electron chi connectivity index (χ2n) is 3.30. The van der Waals surface area contributed by atoms with Crippen LogP contribution in [-0.4, -0.2) is 45.1 Å². The standard InChI is InChI=1S/C8H15F3N2O/c9-8(10,11)1-2-12-5-7-6-14-4-3-13-7/h7,12-13H,1-6H2. The number of nitrogens with one attached hydrogen (secondary N) is 2. The Morgan fingerprint density at radius 1 is 1.43 bits per heavy atom. The molecule has 1 aliphatic rings. The predicted octanol–water partition coefficient (Wildman–Crippen LogP) is 0.517. The number of halogens is 3. The molecule has 1 saturated heterocycles. The maximum Gasteiger partial charge on any atom is 0.390 e. The maximum atomic E-state index is 11.7. The largest absolute Gasteiger partial charge is 0.390 e. The summed E-state index contributed by atoms with van der Waals surface area (Å²) >= 11 is 0. The van der Waals surface area contributed by atoms with Crippen LogP contribution < -0.4 is 10.6 Å². The van der Waals surface area contributed by atoms with Crippen molar-refractivity contribution in [1.82, 2.24) is 10.6 Å². The first-order valence-electron chi connectivity index (χ1n) is 4.66. The van der Waals surface area contributed by atoms with Gasteiger partial charge in [0.25, 0.3) is 0 Å². The third kappa shape index (κ3) is 5.41. The molecule has 0 bridgehead atoms. The van der Waals surface area contributed by atoms with Gasteiger partial charge in [-0.3, -0.25) is 0 Å². The lowest BCUT2D eigenvalue weighted by Gasteiger charge is -2.24. The van der Waals surface area contributed by atoms with Gasteiger partial charge in [-0.25, -0.2) is 0 Å². The van der Waals surface area contributed by atoms with Crippen molar-refractivity contribution in [1.29, 1.82) is 0 Å². The molecule has 2 N–H and O–H groups in total. The van der Waals surface area contributed by atoms with E-state index in [0.29, 0.717) is 19.8 Å². The van der Waals surface area contributed by atoms with E-state index in [1.807, 2.05) is 0 Å². The van der Waals surface area contributed by atoms with Gasteiger partial charge in [0.05, 0.1) is 19.6 Å². The summed E-state index contributed by atoms with van der Waals surface area (Å²) in [6.07, 6.45) is -4.84. The normalized spacial score (nSPS) is 23.8. The van der Waals surface area contributed by atoms with Gasteiger partial charge in [0.1, 0.15) is 0 Å². The first-order valence-corrected chi connectivity index (χ1v) is 4.66. The molecule has 1 aliphatic heterocycles. The quantitative estimate of drug-likeness (QED) is 0.666. The van der Waals surface area contributed by atoms with Crippen LogP contribution in [0.5, 0.6) is 0 Å². The molecule has 0 aromatic heterocycles. The molecule has 0 saturated carbocycles. The van der Waals surface area contributed by atoms with Crippen LogP contribution in [0.4, 0.5) is 13.2 Å². The molecule has 6 heteroatoms. The molecule has 1 rings (SSSR count). The van der Waals surface area contributed by atoms with Crippen LogP contribution in [-0.2, 0) is 4.74 Å². The Kier molecular flexibility index (Phi) is 4.64. The lowest BCUT2D eigenvalue weighted by molar-refractivity contribution is -0.133. The third-order valence-corrected chi connectivity index (χ3v) is 1.97. The van der Waals surface area contributed by atoms with Crippen LogP contribution in [0.25, 0.3) is 0 Å².